The van der Waals surface area contributed by atoms with Crippen molar-refractivity contribution in [2.24, 2.45) is 10.7 Å². The third kappa shape index (κ3) is 5.99. The number of aliphatic imine (C=N–C) groups is 1. The van der Waals surface area contributed by atoms with E-state index in [9.17, 15) is 12.8 Å². The molecule has 1 aromatic carbocycles. The molecule has 0 amide bonds. The van der Waals surface area contributed by atoms with Crippen molar-refractivity contribution in [1.82, 2.24) is 9.62 Å². The molecule has 0 saturated carbocycles. The molecule has 0 aliphatic carbocycles. The van der Waals surface area contributed by atoms with E-state index in [1.807, 2.05) is 4.90 Å². The highest BCUT2D eigenvalue weighted by Gasteiger charge is 2.18. The van der Waals surface area contributed by atoms with Crippen LogP contribution < -0.4 is 10.5 Å². The van der Waals surface area contributed by atoms with Crippen molar-refractivity contribution < 1.29 is 17.5 Å². The van der Waals surface area contributed by atoms with Crippen LogP contribution in [0.5, 0.6) is 0 Å². The zero-order valence-electron chi connectivity index (χ0n) is 12.7. The van der Waals surface area contributed by atoms with Gasteiger partial charge in [0.05, 0.1) is 19.8 Å². The van der Waals surface area contributed by atoms with Crippen LogP contribution in [0.2, 0.25) is 5.02 Å². The van der Waals surface area contributed by atoms with E-state index in [1.54, 1.807) is 0 Å². The van der Waals surface area contributed by atoms with E-state index in [-0.39, 0.29) is 42.1 Å². The van der Waals surface area contributed by atoms with Crippen molar-refractivity contribution in [3.8, 4) is 0 Å². The average Bonchev–Trinajstić information content (AvgIpc) is 2.52. The molecule has 1 aliphatic heterocycles. The van der Waals surface area contributed by atoms with E-state index in [2.05, 4.69) is 9.71 Å². The maximum atomic E-state index is 13.7. The van der Waals surface area contributed by atoms with Gasteiger partial charge in [0.2, 0.25) is 10.0 Å². The van der Waals surface area contributed by atoms with E-state index in [4.69, 9.17) is 22.1 Å². The second kappa shape index (κ2) is 9.70. The molecule has 1 heterocycles. The zero-order chi connectivity index (χ0) is 16.9. The number of nitrogens with two attached hydrogens (primary N) is 1. The van der Waals surface area contributed by atoms with Crippen LogP contribution in [0.15, 0.2) is 28.1 Å². The molecule has 2 rings (SSSR count). The number of nitrogens with one attached hydrogen (secondary N) is 1. The molecular weight excluding hydrogens is 474 g/mol. The fourth-order valence-electron chi connectivity index (χ4n) is 2.01. The Labute approximate surface area is 162 Å². The Morgan fingerprint density at radius 3 is 2.71 bits per heavy atom. The third-order valence-electron chi connectivity index (χ3n) is 3.20. The number of nitrogens with zero attached hydrogens (tertiary/aromatic N) is 2. The molecule has 1 saturated heterocycles. The monoisotopic (exact) mass is 492 g/mol. The van der Waals surface area contributed by atoms with Gasteiger partial charge in [-0.2, -0.15) is 0 Å². The first-order valence-corrected chi connectivity index (χ1v) is 8.83. The van der Waals surface area contributed by atoms with Gasteiger partial charge in [-0.1, -0.05) is 11.6 Å². The standard InChI is InChI=1S/C13H18ClFN4O3S.HI/c14-10-1-2-12(11(15)9-10)23(20,21)18-4-3-17-13(16)19-5-7-22-8-6-19;/h1-2,9,18H,3-8H2,(H2,16,17);1H. The van der Waals surface area contributed by atoms with Crippen molar-refractivity contribution in [2.45, 2.75) is 4.90 Å². The Morgan fingerprint density at radius 2 is 2.08 bits per heavy atom. The highest BCUT2D eigenvalue weighted by molar-refractivity contribution is 14.0. The summed E-state index contributed by atoms with van der Waals surface area (Å²) in [7, 11) is -3.96. The Hall–Kier alpha value is -0.690. The topological polar surface area (TPSA) is 97.0 Å². The van der Waals surface area contributed by atoms with Gasteiger partial charge in [-0.05, 0) is 18.2 Å². The third-order valence-corrected chi connectivity index (χ3v) is 4.93. The van der Waals surface area contributed by atoms with Gasteiger partial charge < -0.3 is 15.4 Å². The minimum atomic E-state index is -3.96. The van der Waals surface area contributed by atoms with Crippen molar-refractivity contribution in [2.75, 3.05) is 39.4 Å². The Morgan fingerprint density at radius 1 is 1.42 bits per heavy atom. The van der Waals surface area contributed by atoms with Crippen molar-refractivity contribution >= 4 is 51.6 Å². The maximum absolute atomic E-state index is 13.7. The summed E-state index contributed by atoms with van der Waals surface area (Å²) in [6.07, 6.45) is 0. The second-order valence-electron chi connectivity index (χ2n) is 4.81. The number of rotatable bonds is 5. The van der Waals surface area contributed by atoms with Crippen LogP contribution in [0.3, 0.4) is 0 Å². The second-order valence-corrected chi connectivity index (χ2v) is 6.98. The lowest BCUT2D eigenvalue weighted by Gasteiger charge is -2.27. The molecule has 0 atom stereocenters. The van der Waals surface area contributed by atoms with Crippen LogP contribution in [-0.2, 0) is 14.8 Å². The van der Waals surface area contributed by atoms with Gasteiger partial charge in [0, 0.05) is 24.7 Å². The maximum Gasteiger partial charge on any atom is 0.243 e. The molecule has 1 fully saturated rings. The first-order chi connectivity index (χ1) is 10.9. The fraction of sp³-hybridized carbons (Fsp3) is 0.462. The summed E-state index contributed by atoms with van der Waals surface area (Å²) in [4.78, 5) is 5.51. The van der Waals surface area contributed by atoms with Crippen molar-refractivity contribution in [3.63, 3.8) is 0 Å². The van der Waals surface area contributed by atoms with E-state index in [1.165, 1.54) is 6.07 Å². The largest absolute Gasteiger partial charge is 0.378 e. The minimum Gasteiger partial charge on any atom is -0.378 e. The lowest BCUT2D eigenvalue weighted by Crippen LogP contribution is -2.45. The van der Waals surface area contributed by atoms with Gasteiger partial charge in [0.15, 0.2) is 5.96 Å². The van der Waals surface area contributed by atoms with Gasteiger partial charge in [-0.25, -0.2) is 17.5 Å². The average molecular weight is 493 g/mol. The van der Waals surface area contributed by atoms with E-state index < -0.39 is 20.7 Å². The first kappa shape index (κ1) is 21.4. The zero-order valence-corrected chi connectivity index (χ0v) is 16.6. The molecule has 0 unspecified atom stereocenters. The van der Waals surface area contributed by atoms with Crippen LogP contribution in [0, 0.1) is 5.82 Å². The minimum absolute atomic E-state index is 0. The van der Waals surface area contributed by atoms with E-state index in [0.29, 0.717) is 32.3 Å². The summed E-state index contributed by atoms with van der Waals surface area (Å²) in [6, 6.07) is 3.38. The van der Waals surface area contributed by atoms with E-state index in [0.717, 1.165) is 12.1 Å². The lowest BCUT2D eigenvalue weighted by atomic mass is 10.3. The molecule has 0 spiro atoms. The summed E-state index contributed by atoms with van der Waals surface area (Å²) in [5, 5.41) is 0.129. The van der Waals surface area contributed by atoms with Crippen LogP contribution in [0.25, 0.3) is 0 Å². The Kier molecular flexibility index (Phi) is 8.63. The van der Waals surface area contributed by atoms with Crippen LogP contribution in [0.4, 0.5) is 4.39 Å². The molecule has 0 radical (unpaired) electrons. The smallest absolute Gasteiger partial charge is 0.243 e. The number of hydrogen-bond acceptors (Lipinski definition) is 4. The molecule has 7 nitrogen and oxygen atoms in total. The SMILES string of the molecule is I.NC(=NCCNS(=O)(=O)c1ccc(Cl)cc1F)N1CCOCC1. The summed E-state index contributed by atoms with van der Waals surface area (Å²) in [5.41, 5.74) is 5.82. The summed E-state index contributed by atoms with van der Waals surface area (Å²) in [5.74, 6) is -0.563. The molecule has 0 aromatic heterocycles. The molecule has 24 heavy (non-hydrogen) atoms. The lowest BCUT2D eigenvalue weighted by molar-refractivity contribution is 0.0674. The molecule has 0 bridgehead atoms. The number of ether oxygens (including phenoxy) is 1. The number of benzene rings is 1. The normalized spacial score (nSPS) is 15.9. The van der Waals surface area contributed by atoms with Gasteiger partial charge in [0.1, 0.15) is 10.7 Å². The number of sulfonamides is 1. The fourth-order valence-corrected chi connectivity index (χ4v) is 3.25. The highest BCUT2D eigenvalue weighted by Crippen LogP contribution is 2.18. The molecular formula is C13H19ClFIN4O3S. The molecule has 136 valence electrons. The Bertz CT molecular complexity index is 684. The molecule has 1 aliphatic rings. The van der Waals surface area contributed by atoms with Gasteiger partial charge in [-0.15, -0.1) is 24.0 Å². The van der Waals surface area contributed by atoms with Crippen molar-refractivity contribution in [3.05, 3.63) is 29.0 Å². The molecule has 11 heteroatoms. The van der Waals surface area contributed by atoms with Gasteiger partial charge >= 0.3 is 0 Å². The summed E-state index contributed by atoms with van der Waals surface area (Å²) in [6.45, 7) is 2.62. The quantitative estimate of drug-likeness (QED) is 0.277. The van der Waals surface area contributed by atoms with Gasteiger partial charge in [-0.3, -0.25) is 4.99 Å². The van der Waals surface area contributed by atoms with Crippen LogP contribution in [-0.4, -0.2) is 58.7 Å². The number of hydrogen-bond donors (Lipinski definition) is 2. The van der Waals surface area contributed by atoms with Crippen LogP contribution in [0.1, 0.15) is 0 Å². The number of guanidine groups is 1. The van der Waals surface area contributed by atoms with Crippen LogP contribution >= 0.6 is 35.6 Å². The van der Waals surface area contributed by atoms with E-state index >= 15 is 0 Å². The first-order valence-electron chi connectivity index (χ1n) is 6.97. The number of halogens is 3. The molecule has 3 N–H and O–H groups in total. The van der Waals surface area contributed by atoms with Crippen molar-refractivity contribution in [1.29, 1.82) is 0 Å². The Balaban J connectivity index is 0.00000288. The predicted molar refractivity (Wildman–Crippen MR) is 101 cm³/mol. The predicted octanol–water partition coefficient (Wildman–Crippen LogP) is 1.02. The summed E-state index contributed by atoms with van der Waals surface area (Å²) < 4.78 is 45.2. The van der Waals surface area contributed by atoms with Gasteiger partial charge in [0.25, 0.3) is 0 Å². The highest BCUT2D eigenvalue weighted by atomic mass is 127. The molecule has 1 aromatic rings. The summed E-state index contributed by atoms with van der Waals surface area (Å²) >= 11 is 5.60. The number of morpholine rings is 1.